The molecule has 1 aliphatic heterocycles. The van der Waals surface area contributed by atoms with Gasteiger partial charge in [-0.2, -0.15) is 0 Å². The summed E-state index contributed by atoms with van der Waals surface area (Å²) in [5.41, 5.74) is 0. The monoisotopic (exact) mass is 312 g/mol. The summed E-state index contributed by atoms with van der Waals surface area (Å²) in [5, 5.41) is 12.0. The number of rotatable bonds is 7. The number of amides is 1. The zero-order chi connectivity index (χ0) is 15.5. The highest BCUT2D eigenvalue weighted by Gasteiger charge is 2.38. The molecule has 3 aliphatic rings. The zero-order valence-corrected chi connectivity index (χ0v) is 12.7. The molecule has 0 bridgehead atoms. The van der Waals surface area contributed by atoms with E-state index in [0.717, 1.165) is 19.4 Å². The lowest BCUT2D eigenvalue weighted by atomic mass is 9.85. The third-order valence-electron chi connectivity index (χ3n) is 4.61. The van der Waals surface area contributed by atoms with E-state index in [-0.39, 0.29) is 24.5 Å². The van der Waals surface area contributed by atoms with Gasteiger partial charge >= 0.3 is 5.97 Å². The second-order valence-corrected chi connectivity index (χ2v) is 6.53. The van der Waals surface area contributed by atoms with Gasteiger partial charge in [-0.05, 0) is 31.6 Å². The van der Waals surface area contributed by atoms with Crippen LogP contribution >= 0.6 is 0 Å². The average Bonchev–Trinajstić information content (AvgIpc) is 3.26. The first kappa shape index (κ1) is 15.7. The lowest BCUT2D eigenvalue weighted by Gasteiger charge is -2.43. The highest BCUT2D eigenvalue weighted by Crippen LogP contribution is 2.33. The average molecular weight is 312 g/mol. The predicted molar refractivity (Wildman–Crippen MR) is 77.4 cm³/mol. The van der Waals surface area contributed by atoms with Crippen LogP contribution in [-0.2, 0) is 19.1 Å². The number of ether oxygens (including phenoxy) is 2. The molecule has 0 radical (unpaired) electrons. The van der Waals surface area contributed by atoms with Gasteiger partial charge in [0.15, 0.2) is 6.10 Å². The van der Waals surface area contributed by atoms with Crippen LogP contribution in [0.1, 0.15) is 25.7 Å². The molecule has 0 spiro atoms. The topological polar surface area (TPSA) is 88.1 Å². The first-order valence-corrected chi connectivity index (χ1v) is 8.07. The molecule has 1 saturated heterocycles. The van der Waals surface area contributed by atoms with Crippen molar-refractivity contribution in [1.29, 1.82) is 0 Å². The minimum atomic E-state index is -0.777. The van der Waals surface area contributed by atoms with Gasteiger partial charge in [0.25, 0.3) is 5.91 Å². The number of aliphatic carboxylic acids is 1. The van der Waals surface area contributed by atoms with Crippen LogP contribution < -0.4 is 5.32 Å². The summed E-state index contributed by atoms with van der Waals surface area (Å²) in [7, 11) is 0. The Hall–Kier alpha value is -1.18. The van der Waals surface area contributed by atoms with Crippen LogP contribution in [0.15, 0.2) is 0 Å². The van der Waals surface area contributed by atoms with Crippen molar-refractivity contribution >= 4 is 11.9 Å². The van der Waals surface area contributed by atoms with E-state index >= 15 is 0 Å². The molecule has 124 valence electrons. The van der Waals surface area contributed by atoms with Crippen molar-refractivity contribution in [2.75, 3.05) is 32.9 Å². The number of carbonyl (C=O) groups is 2. The van der Waals surface area contributed by atoms with Crippen LogP contribution in [-0.4, -0.2) is 73.0 Å². The molecule has 0 aromatic carbocycles. The number of carboxylic acid groups (broad SMARTS) is 1. The molecule has 7 heteroatoms. The first-order chi connectivity index (χ1) is 10.6. The normalized spacial score (nSPS) is 31.6. The lowest BCUT2D eigenvalue weighted by Crippen LogP contribution is -2.57. The molecule has 1 unspecified atom stereocenters. The van der Waals surface area contributed by atoms with Crippen LogP contribution in [0.4, 0.5) is 0 Å². The number of carbonyl (C=O) groups excluding carboxylic acids is 1. The molecule has 3 rings (SSSR count). The van der Waals surface area contributed by atoms with Gasteiger partial charge in [0.2, 0.25) is 0 Å². The Kier molecular flexibility index (Phi) is 4.95. The summed E-state index contributed by atoms with van der Waals surface area (Å²) >= 11 is 0. The molecule has 1 atom stereocenters. The van der Waals surface area contributed by atoms with Crippen LogP contribution in [0, 0.1) is 5.92 Å². The van der Waals surface area contributed by atoms with Crippen LogP contribution in [0.25, 0.3) is 0 Å². The Morgan fingerprint density at radius 1 is 1.23 bits per heavy atom. The molecule has 22 heavy (non-hydrogen) atoms. The number of carboxylic acids is 1. The quantitative estimate of drug-likeness (QED) is 0.679. The molecular weight excluding hydrogens is 288 g/mol. The summed E-state index contributed by atoms with van der Waals surface area (Å²) < 4.78 is 10.6. The van der Waals surface area contributed by atoms with E-state index in [1.54, 1.807) is 0 Å². The van der Waals surface area contributed by atoms with E-state index in [9.17, 15) is 9.59 Å². The largest absolute Gasteiger partial charge is 0.480 e. The van der Waals surface area contributed by atoms with E-state index in [1.165, 1.54) is 12.8 Å². The van der Waals surface area contributed by atoms with Gasteiger partial charge in [0.1, 0.15) is 0 Å². The molecule has 1 heterocycles. The van der Waals surface area contributed by atoms with Gasteiger partial charge in [0, 0.05) is 18.6 Å². The molecule has 2 saturated carbocycles. The lowest BCUT2D eigenvalue weighted by molar-refractivity contribution is -0.149. The second-order valence-electron chi connectivity index (χ2n) is 6.53. The maximum absolute atomic E-state index is 12.0. The number of nitrogens with zero attached hydrogens (tertiary/aromatic N) is 1. The van der Waals surface area contributed by atoms with Gasteiger partial charge in [0.05, 0.1) is 26.4 Å². The molecule has 0 aromatic rings. The fourth-order valence-electron chi connectivity index (χ4n) is 3.09. The Bertz CT molecular complexity index is 414. The number of hydrogen-bond acceptors (Lipinski definition) is 5. The second kappa shape index (κ2) is 6.93. The molecular formula is C15H24N2O5. The SMILES string of the molecule is O=C(O)CN(CC1CC1)C1CC(NC(=O)C2COCCO2)C1. The highest BCUT2D eigenvalue weighted by molar-refractivity contribution is 5.81. The Labute approximate surface area is 129 Å². The van der Waals surface area contributed by atoms with E-state index < -0.39 is 12.1 Å². The van der Waals surface area contributed by atoms with Gasteiger partial charge in [-0.25, -0.2) is 0 Å². The van der Waals surface area contributed by atoms with Crippen molar-refractivity contribution in [1.82, 2.24) is 10.2 Å². The minimum Gasteiger partial charge on any atom is -0.480 e. The fourth-order valence-corrected chi connectivity index (χ4v) is 3.09. The summed E-state index contributed by atoms with van der Waals surface area (Å²) in [4.78, 5) is 25.1. The standard InChI is InChI=1S/C15H24N2O5/c18-14(19)8-17(7-10-1-2-10)12-5-11(6-12)16-15(20)13-9-21-3-4-22-13/h10-13H,1-9H2,(H,16,20)(H,18,19). The third-order valence-corrected chi connectivity index (χ3v) is 4.61. The van der Waals surface area contributed by atoms with E-state index in [2.05, 4.69) is 10.2 Å². The Balaban J connectivity index is 1.41. The summed E-state index contributed by atoms with van der Waals surface area (Å²) in [5.74, 6) is -0.225. The van der Waals surface area contributed by atoms with Gasteiger partial charge in [-0.3, -0.25) is 14.5 Å². The first-order valence-electron chi connectivity index (χ1n) is 8.07. The molecule has 2 aliphatic carbocycles. The van der Waals surface area contributed by atoms with E-state index in [4.69, 9.17) is 14.6 Å². The predicted octanol–water partition coefficient (Wildman–Crippen LogP) is -0.154. The highest BCUT2D eigenvalue weighted by atomic mass is 16.6. The van der Waals surface area contributed by atoms with Crippen molar-refractivity contribution in [3.05, 3.63) is 0 Å². The van der Waals surface area contributed by atoms with Gasteiger partial charge < -0.3 is 19.9 Å². The summed E-state index contributed by atoms with van der Waals surface area (Å²) in [6, 6.07) is 0.393. The van der Waals surface area contributed by atoms with Gasteiger partial charge in [-0.15, -0.1) is 0 Å². The zero-order valence-electron chi connectivity index (χ0n) is 12.7. The van der Waals surface area contributed by atoms with Crippen molar-refractivity contribution in [2.45, 2.75) is 43.9 Å². The Morgan fingerprint density at radius 2 is 2.00 bits per heavy atom. The number of nitrogens with one attached hydrogen (secondary N) is 1. The molecule has 0 aromatic heterocycles. The van der Waals surface area contributed by atoms with Crippen LogP contribution in [0.3, 0.4) is 0 Å². The Morgan fingerprint density at radius 3 is 2.59 bits per heavy atom. The third kappa shape index (κ3) is 4.18. The molecule has 3 fully saturated rings. The number of hydrogen-bond donors (Lipinski definition) is 2. The molecule has 7 nitrogen and oxygen atoms in total. The van der Waals surface area contributed by atoms with E-state index in [0.29, 0.717) is 25.7 Å². The van der Waals surface area contributed by atoms with Crippen LogP contribution in [0.5, 0.6) is 0 Å². The molecule has 1 amide bonds. The van der Waals surface area contributed by atoms with Crippen molar-refractivity contribution in [3.8, 4) is 0 Å². The summed E-state index contributed by atoms with van der Waals surface area (Å²) in [6.07, 6.45) is 3.55. The van der Waals surface area contributed by atoms with Crippen molar-refractivity contribution in [2.24, 2.45) is 5.92 Å². The maximum atomic E-state index is 12.0. The maximum Gasteiger partial charge on any atom is 0.317 e. The minimum absolute atomic E-state index is 0.0986. The molecule has 2 N–H and O–H groups in total. The smallest absolute Gasteiger partial charge is 0.317 e. The fraction of sp³-hybridized carbons (Fsp3) is 0.867. The van der Waals surface area contributed by atoms with E-state index in [1.807, 2.05) is 0 Å². The summed E-state index contributed by atoms with van der Waals surface area (Å²) in [6.45, 7) is 2.28. The van der Waals surface area contributed by atoms with Crippen LogP contribution in [0.2, 0.25) is 0 Å². The van der Waals surface area contributed by atoms with Gasteiger partial charge in [-0.1, -0.05) is 0 Å². The van der Waals surface area contributed by atoms with Crippen molar-refractivity contribution in [3.63, 3.8) is 0 Å². The van der Waals surface area contributed by atoms with Crippen molar-refractivity contribution < 1.29 is 24.2 Å².